The Morgan fingerprint density at radius 2 is 2.00 bits per heavy atom. The van der Waals surface area contributed by atoms with Crippen LogP contribution in [-0.2, 0) is 10.8 Å². The maximum absolute atomic E-state index is 11.6. The molecule has 0 amide bonds. The fraction of sp³-hybridized carbons (Fsp3) is 0.400. The first-order valence-electron chi connectivity index (χ1n) is 4.32. The summed E-state index contributed by atoms with van der Waals surface area (Å²) in [7, 11) is -1.16. The average Bonchev–Trinajstić information content (AvgIpc) is 2.18. The fourth-order valence-electron chi connectivity index (χ4n) is 1.01. The molecule has 1 aromatic rings. The number of benzene rings is 1. The summed E-state index contributed by atoms with van der Waals surface area (Å²) in [6, 6.07) is 7.43. The predicted octanol–water partition coefficient (Wildman–Crippen LogP) is 1.70. The molecule has 14 heavy (non-hydrogen) atoms. The van der Waals surface area contributed by atoms with Gasteiger partial charge in [0.2, 0.25) is 0 Å². The maximum atomic E-state index is 11.6. The summed E-state index contributed by atoms with van der Waals surface area (Å²) >= 11 is 5.42. The highest BCUT2D eigenvalue weighted by molar-refractivity contribution is 7.85. The van der Waals surface area contributed by atoms with Gasteiger partial charge in [0.15, 0.2) is 0 Å². The van der Waals surface area contributed by atoms with Crippen molar-refractivity contribution in [2.75, 3.05) is 11.6 Å². The highest BCUT2D eigenvalue weighted by Gasteiger charge is 2.09. The number of aliphatic hydroxyl groups excluding tert-OH is 1. The van der Waals surface area contributed by atoms with Gasteiger partial charge in [0, 0.05) is 10.8 Å². The van der Waals surface area contributed by atoms with Gasteiger partial charge in [0.25, 0.3) is 0 Å². The van der Waals surface area contributed by atoms with Gasteiger partial charge in [-0.25, -0.2) is 0 Å². The maximum Gasteiger partial charge on any atom is 0.0794 e. The van der Waals surface area contributed by atoms with Crippen LogP contribution in [0.4, 0.5) is 0 Å². The Morgan fingerprint density at radius 3 is 2.50 bits per heavy atom. The van der Waals surface area contributed by atoms with E-state index in [2.05, 4.69) is 0 Å². The van der Waals surface area contributed by atoms with Gasteiger partial charge >= 0.3 is 0 Å². The van der Waals surface area contributed by atoms with Crippen molar-refractivity contribution in [3.8, 4) is 0 Å². The molecule has 0 aliphatic carbocycles. The number of hydrogen-bond donors (Lipinski definition) is 1. The summed E-state index contributed by atoms with van der Waals surface area (Å²) in [5.74, 6) is 0.324. The average molecular weight is 233 g/mol. The van der Waals surface area contributed by atoms with Crippen LogP contribution in [0.1, 0.15) is 5.56 Å². The molecule has 0 fully saturated rings. The summed E-state index contributed by atoms with van der Waals surface area (Å²) in [5, 5.41) is 9.22. The number of alkyl halides is 1. The molecule has 78 valence electrons. The topological polar surface area (TPSA) is 37.3 Å². The molecule has 0 heterocycles. The van der Waals surface area contributed by atoms with Crippen LogP contribution in [0.15, 0.2) is 29.2 Å². The van der Waals surface area contributed by atoms with E-state index < -0.39 is 16.9 Å². The Morgan fingerprint density at radius 1 is 1.43 bits per heavy atom. The van der Waals surface area contributed by atoms with Crippen LogP contribution in [0.5, 0.6) is 0 Å². The zero-order chi connectivity index (χ0) is 10.6. The van der Waals surface area contributed by atoms with Crippen molar-refractivity contribution < 1.29 is 9.32 Å². The van der Waals surface area contributed by atoms with Crippen molar-refractivity contribution in [1.29, 1.82) is 0 Å². The summed E-state index contributed by atoms with van der Waals surface area (Å²) in [4.78, 5) is 0.736. The summed E-state index contributed by atoms with van der Waals surface area (Å²) in [6.45, 7) is 1.97. The molecule has 1 aromatic carbocycles. The second-order valence-electron chi connectivity index (χ2n) is 3.13. The van der Waals surface area contributed by atoms with E-state index in [0.29, 0.717) is 0 Å². The molecular formula is C10H13ClO2S. The van der Waals surface area contributed by atoms with Crippen molar-refractivity contribution in [1.82, 2.24) is 0 Å². The van der Waals surface area contributed by atoms with Crippen molar-refractivity contribution in [2.24, 2.45) is 0 Å². The molecule has 2 atom stereocenters. The lowest BCUT2D eigenvalue weighted by Crippen LogP contribution is -2.18. The molecule has 0 bridgehead atoms. The van der Waals surface area contributed by atoms with Crippen LogP contribution >= 0.6 is 11.6 Å². The van der Waals surface area contributed by atoms with Crippen LogP contribution in [0.25, 0.3) is 0 Å². The van der Waals surface area contributed by atoms with Gasteiger partial charge in [-0.3, -0.25) is 4.21 Å². The number of rotatable bonds is 4. The fourth-order valence-corrected chi connectivity index (χ4v) is 2.34. The highest BCUT2D eigenvalue weighted by atomic mass is 35.5. The third-order valence-corrected chi connectivity index (χ3v) is 3.65. The normalized spacial score (nSPS) is 15.1. The molecule has 0 radical (unpaired) electrons. The van der Waals surface area contributed by atoms with Crippen molar-refractivity contribution in [3.63, 3.8) is 0 Å². The van der Waals surface area contributed by atoms with Crippen molar-refractivity contribution >= 4 is 22.4 Å². The van der Waals surface area contributed by atoms with Crippen LogP contribution in [0, 0.1) is 6.92 Å². The quantitative estimate of drug-likeness (QED) is 0.803. The molecule has 1 N–H and O–H groups in total. The lowest BCUT2D eigenvalue weighted by molar-refractivity contribution is 0.222. The van der Waals surface area contributed by atoms with E-state index in [1.54, 1.807) is 0 Å². The lowest BCUT2D eigenvalue weighted by atomic mass is 10.2. The second-order valence-corrected chi connectivity index (χ2v) is 4.94. The SMILES string of the molecule is Cc1ccc(S(=O)C[C@H](O)CCl)cc1. The van der Waals surface area contributed by atoms with Gasteiger partial charge < -0.3 is 5.11 Å². The first-order valence-corrected chi connectivity index (χ1v) is 6.18. The molecule has 4 heteroatoms. The summed E-state index contributed by atoms with van der Waals surface area (Å²) < 4.78 is 11.6. The molecule has 0 saturated heterocycles. The molecule has 0 spiro atoms. The summed E-state index contributed by atoms with van der Waals surface area (Å²) in [6.07, 6.45) is -0.696. The van der Waals surface area contributed by atoms with Crippen LogP contribution in [0.2, 0.25) is 0 Å². The van der Waals surface area contributed by atoms with E-state index in [9.17, 15) is 9.32 Å². The number of aliphatic hydroxyl groups is 1. The molecular weight excluding hydrogens is 220 g/mol. The van der Waals surface area contributed by atoms with E-state index >= 15 is 0 Å². The Bertz CT molecular complexity index is 310. The Balaban J connectivity index is 2.65. The molecule has 2 nitrogen and oxygen atoms in total. The van der Waals surface area contributed by atoms with E-state index in [1.807, 2.05) is 31.2 Å². The molecule has 1 rings (SSSR count). The van der Waals surface area contributed by atoms with E-state index in [4.69, 9.17) is 11.6 Å². The number of aryl methyl sites for hydroxylation is 1. The Kier molecular flexibility index (Phi) is 4.58. The second kappa shape index (κ2) is 5.49. The molecule has 0 saturated carbocycles. The number of hydrogen-bond acceptors (Lipinski definition) is 2. The van der Waals surface area contributed by atoms with Gasteiger partial charge in [0.1, 0.15) is 0 Å². The van der Waals surface area contributed by atoms with Crippen LogP contribution in [-0.4, -0.2) is 27.1 Å². The standard InChI is InChI=1S/C10H13ClO2S/c1-8-2-4-10(5-3-8)14(13)7-9(12)6-11/h2-5,9,12H,6-7H2,1H3/t9-,14?/m1/s1. The van der Waals surface area contributed by atoms with Crippen molar-refractivity contribution in [2.45, 2.75) is 17.9 Å². The minimum Gasteiger partial charge on any atom is -0.391 e. The van der Waals surface area contributed by atoms with E-state index in [0.717, 1.165) is 10.5 Å². The van der Waals surface area contributed by atoms with E-state index in [-0.39, 0.29) is 11.6 Å². The van der Waals surface area contributed by atoms with Crippen LogP contribution in [0.3, 0.4) is 0 Å². The predicted molar refractivity (Wildman–Crippen MR) is 59.2 cm³/mol. The zero-order valence-electron chi connectivity index (χ0n) is 7.94. The largest absolute Gasteiger partial charge is 0.391 e. The van der Waals surface area contributed by atoms with Gasteiger partial charge in [-0.15, -0.1) is 11.6 Å². The Labute approximate surface area is 91.4 Å². The van der Waals surface area contributed by atoms with Crippen LogP contribution < -0.4 is 0 Å². The zero-order valence-corrected chi connectivity index (χ0v) is 9.52. The number of halogens is 1. The first kappa shape index (κ1) is 11.7. The highest BCUT2D eigenvalue weighted by Crippen LogP contribution is 2.09. The lowest BCUT2D eigenvalue weighted by Gasteiger charge is -2.06. The van der Waals surface area contributed by atoms with Gasteiger partial charge in [-0.2, -0.15) is 0 Å². The smallest absolute Gasteiger partial charge is 0.0794 e. The van der Waals surface area contributed by atoms with Gasteiger partial charge in [0.05, 0.1) is 22.7 Å². The minimum absolute atomic E-state index is 0.123. The molecule has 1 unspecified atom stereocenters. The third kappa shape index (κ3) is 3.40. The monoisotopic (exact) mass is 232 g/mol. The molecule has 0 aliphatic heterocycles. The molecule has 0 aliphatic rings. The third-order valence-electron chi connectivity index (χ3n) is 1.81. The molecule has 0 aromatic heterocycles. The summed E-state index contributed by atoms with van der Waals surface area (Å²) in [5.41, 5.74) is 1.13. The first-order chi connectivity index (χ1) is 6.63. The van der Waals surface area contributed by atoms with E-state index in [1.165, 1.54) is 0 Å². The Hall–Kier alpha value is -0.380. The van der Waals surface area contributed by atoms with Gasteiger partial charge in [-0.05, 0) is 19.1 Å². The van der Waals surface area contributed by atoms with Gasteiger partial charge in [-0.1, -0.05) is 17.7 Å². The van der Waals surface area contributed by atoms with Crippen molar-refractivity contribution in [3.05, 3.63) is 29.8 Å². The minimum atomic E-state index is -1.16.